The fourth-order valence-electron chi connectivity index (χ4n) is 1.90. The minimum absolute atomic E-state index is 0.343. The molecule has 2 aromatic rings. The molecule has 1 aromatic heterocycles. The lowest BCUT2D eigenvalue weighted by Gasteiger charge is -2.17. The molecule has 0 aliphatic heterocycles. The van der Waals surface area contributed by atoms with Crippen molar-refractivity contribution >= 4 is 34.2 Å². The predicted molar refractivity (Wildman–Crippen MR) is 83.4 cm³/mol. The van der Waals surface area contributed by atoms with Crippen LogP contribution in [-0.2, 0) is 6.42 Å². The number of hydrogen-bond acceptors (Lipinski definition) is 3. The van der Waals surface area contributed by atoms with Crippen LogP contribution >= 0.6 is 23.6 Å². The highest BCUT2D eigenvalue weighted by atomic mass is 32.1. The molecule has 0 aliphatic carbocycles. The first-order chi connectivity index (χ1) is 8.66. The van der Waals surface area contributed by atoms with Gasteiger partial charge in [0.25, 0.3) is 0 Å². The van der Waals surface area contributed by atoms with Crippen molar-refractivity contribution in [3.63, 3.8) is 0 Å². The van der Waals surface area contributed by atoms with Crippen molar-refractivity contribution in [3.05, 3.63) is 52.2 Å². The standard InChI is InChI=1S/C14H16N2S2/c1-10(8-11-6-7-18-9-11)16-13-5-3-2-4-12(13)14(15)17/h2-7,9-10,16H,8H2,1H3,(H2,15,17). The molecule has 4 heteroatoms. The number of thiophene rings is 1. The summed E-state index contributed by atoms with van der Waals surface area (Å²) >= 11 is 6.79. The fraction of sp³-hybridized carbons (Fsp3) is 0.214. The molecule has 1 heterocycles. The summed E-state index contributed by atoms with van der Waals surface area (Å²) in [5.41, 5.74) is 8.99. The Kier molecular flexibility index (Phi) is 4.33. The highest BCUT2D eigenvalue weighted by molar-refractivity contribution is 7.80. The summed E-state index contributed by atoms with van der Waals surface area (Å²) in [5, 5.41) is 7.75. The van der Waals surface area contributed by atoms with Gasteiger partial charge >= 0.3 is 0 Å². The second kappa shape index (κ2) is 5.98. The number of hydrogen-bond donors (Lipinski definition) is 2. The highest BCUT2D eigenvalue weighted by Crippen LogP contribution is 2.17. The quantitative estimate of drug-likeness (QED) is 0.822. The molecule has 3 N–H and O–H groups in total. The van der Waals surface area contributed by atoms with Crippen LogP contribution in [0.2, 0.25) is 0 Å². The van der Waals surface area contributed by atoms with Crippen LogP contribution in [0.1, 0.15) is 18.1 Å². The Hall–Kier alpha value is -1.39. The summed E-state index contributed by atoms with van der Waals surface area (Å²) < 4.78 is 0. The molecule has 18 heavy (non-hydrogen) atoms. The van der Waals surface area contributed by atoms with E-state index in [0.717, 1.165) is 17.7 Å². The highest BCUT2D eigenvalue weighted by Gasteiger charge is 2.08. The lowest BCUT2D eigenvalue weighted by molar-refractivity contribution is 0.792. The van der Waals surface area contributed by atoms with E-state index < -0.39 is 0 Å². The summed E-state index contributed by atoms with van der Waals surface area (Å²) in [7, 11) is 0. The Labute approximate surface area is 117 Å². The Bertz CT molecular complexity index is 520. The van der Waals surface area contributed by atoms with Crippen molar-refractivity contribution in [2.45, 2.75) is 19.4 Å². The maximum atomic E-state index is 5.72. The van der Waals surface area contributed by atoms with Crippen molar-refractivity contribution in [2.24, 2.45) is 5.73 Å². The first-order valence-electron chi connectivity index (χ1n) is 5.83. The Morgan fingerprint density at radius 2 is 2.17 bits per heavy atom. The second-order valence-electron chi connectivity index (χ2n) is 4.29. The van der Waals surface area contributed by atoms with E-state index >= 15 is 0 Å². The second-order valence-corrected chi connectivity index (χ2v) is 5.51. The van der Waals surface area contributed by atoms with Crippen LogP contribution in [0.4, 0.5) is 5.69 Å². The molecule has 94 valence electrons. The first kappa shape index (κ1) is 13.1. The van der Waals surface area contributed by atoms with Crippen LogP contribution in [-0.4, -0.2) is 11.0 Å². The zero-order valence-electron chi connectivity index (χ0n) is 10.2. The minimum atomic E-state index is 0.343. The van der Waals surface area contributed by atoms with E-state index in [-0.39, 0.29) is 0 Å². The molecule has 2 nitrogen and oxygen atoms in total. The zero-order chi connectivity index (χ0) is 13.0. The Morgan fingerprint density at radius 3 is 2.83 bits per heavy atom. The number of benzene rings is 1. The van der Waals surface area contributed by atoms with Crippen molar-refractivity contribution in [2.75, 3.05) is 5.32 Å². The normalized spacial score (nSPS) is 12.1. The van der Waals surface area contributed by atoms with E-state index in [1.165, 1.54) is 5.56 Å². The van der Waals surface area contributed by atoms with Crippen LogP contribution < -0.4 is 11.1 Å². The van der Waals surface area contributed by atoms with E-state index in [9.17, 15) is 0 Å². The molecule has 1 aromatic carbocycles. The van der Waals surface area contributed by atoms with Crippen LogP contribution in [0.25, 0.3) is 0 Å². The smallest absolute Gasteiger partial charge is 0.106 e. The average Bonchev–Trinajstić information content (AvgIpc) is 2.82. The summed E-state index contributed by atoms with van der Waals surface area (Å²) in [6, 6.07) is 10.4. The lowest BCUT2D eigenvalue weighted by atomic mass is 10.1. The SMILES string of the molecule is CC(Cc1ccsc1)Nc1ccccc1C(N)=S. The Morgan fingerprint density at radius 1 is 1.39 bits per heavy atom. The molecule has 0 spiro atoms. The van der Waals surface area contributed by atoms with E-state index in [2.05, 4.69) is 29.1 Å². The van der Waals surface area contributed by atoms with Gasteiger partial charge in [-0.05, 0) is 47.9 Å². The van der Waals surface area contributed by atoms with E-state index in [1.807, 2.05) is 24.3 Å². The van der Waals surface area contributed by atoms with Gasteiger partial charge in [-0.2, -0.15) is 11.3 Å². The van der Waals surface area contributed by atoms with Crippen LogP contribution in [0.3, 0.4) is 0 Å². The van der Waals surface area contributed by atoms with Gasteiger partial charge in [0.1, 0.15) is 4.99 Å². The third-order valence-corrected chi connectivity index (χ3v) is 3.67. The molecule has 0 bridgehead atoms. The van der Waals surface area contributed by atoms with E-state index in [1.54, 1.807) is 11.3 Å². The molecule has 1 atom stereocenters. The van der Waals surface area contributed by atoms with Crippen LogP contribution in [0, 0.1) is 0 Å². The van der Waals surface area contributed by atoms with E-state index in [0.29, 0.717) is 11.0 Å². The monoisotopic (exact) mass is 276 g/mol. The molecule has 1 unspecified atom stereocenters. The van der Waals surface area contributed by atoms with Gasteiger partial charge in [-0.25, -0.2) is 0 Å². The number of rotatable bonds is 5. The minimum Gasteiger partial charge on any atom is -0.389 e. The Balaban J connectivity index is 2.07. The van der Waals surface area contributed by atoms with E-state index in [4.69, 9.17) is 18.0 Å². The summed E-state index contributed by atoms with van der Waals surface area (Å²) in [5.74, 6) is 0. The molecular weight excluding hydrogens is 260 g/mol. The van der Waals surface area contributed by atoms with Gasteiger partial charge in [0.15, 0.2) is 0 Å². The van der Waals surface area contributed by atoms with Crippen molar-refractivity contribution in [1.29, 1.82) is 0 Å². The average molecular weight is 276 g/mol. The first-order valence-corrected chi connectivity index (χ1v) is 7.18. The molecule has 2 rings (SSSR count). The lowest BCUT2D eigenvalue weighted by Crippen LogP contribution is -2.21. The molecule has 0 radical (unpaired) electrons. The molecule has 0 amide bonds. The maximum Gasteiger partial charge on any atom is 0.106 e. The summed E-state index contributed by atoms with van der Waals surface area (Å²) in [6.45, 7) is 2.16. The number of anilines is 1. The van der Waals surface area contributed by atoms with Crippen LogP contribution in [0.15, 0.2) is 41.1 Å². The van der Waals surface area contributed by atoms with Gasteiger partial charge in [-0.3, -0.25) is 0 Å². The zero-order valence-corrected chi connectivity index (χ0v) is 11.9. The van der Waals surface area contributed by atoms with Gasteiger partial charge in [-0.15, -0.1) is 0 Å². The maximum absolute atomic E-state index is 5.72. The van der Waals surface area contributed by atoms with Crippen LogP contribution in [0.5, 0.6) is 0 Å². The van der Waals surface area contributed by atoms with Gasteiger partial charge in [0.2, 0.25) is 0 Å². The van der Waals surface area contributed by atoms with Crippen molar-refractivity contribution in [3.8, 4) is 0 Å². The molecule has 0 fully saturated rings. The van der Waals surface area contributed by atoms with Crippen molar-refractivity contribution < 1.29 is 0 Å². The van der Waals surface area contributed by atoms with Gasteiger partial charge < -0.3 is 11.1 Å². The largest absolute Gasteiger partial charge is 0.389 e. The number of thiocarbonyl (C=S) groups is 1. The fourth-order valence-corrected chi connectivity index (χ4v) is 2.76. The van der Waals surface area contributed by atoms with Gasteiger partial charge in [-0.1, -0.05) is 24.4 Å². The predicted octanol–water partition coefficient (Wildman–Crippen LogP) is 3.43. The van der Waals surface area contributed by atoms with Gasteiger partial charge in [0.05, 0.1) is 0 Å². The number of nitrogens with two attached hydrogens (primary N) is 1. The summed E-state index contributed by atoms with van der Waals surface area (Å²) in [6.07, 6.45) is 0.995. The van der Waals surface area contributed by atoms with Gasteiger partial charge in [0, 0.05) is 17.3 Å². The number of nitrogens with one attached hydrogen (secondary N) is 1. The topological polar surface area (TPSA) is 38.0 Å². The third-order valence-electron chi connectivity index (χ3n) is 2.72. The number of para-hydroxylation sites is 1. The molecular formula is C14H16N2S2. The molecule has 0 aliphatic rings. The summed E-state index contributed by atoms with van der Waals surface area (Å²) in [4.78, 5) is 0.431. The molecule has 0 saturated carbocycles. The third kappa shape index (κ3) is 3.31. The van der Waals surface area contributed by atoms with Crippen molar-refractivity contribution in [1.82, 2.24) is 0 Å². The molecule has 0 saturated heterocycles.